The molecule has 1 heterocycles. The molecule has 118 valence electrons. The van der Waals surface area contributed by atoms with E-state index in [1.165, 1.54) is 0 Å². The minimum absolute atomic E-state index is 0.211. The van der Waals surface area contributed by atoms with Crippen molar-refractivity contribution in [3.63, 3.8) is 0 Å². The van der Waals surface area contributed by atoms with E-state index in [9.17, 15) is 0 Å². The highest BCUT2D eigenvalue weighted by Gasteiger charge is 2.24. The van der Waals surface area contributed by atoms with E-state index < -0.39 is 0 Å². The Morgan fingerprint density at radius 2 is 2.19 bits per heavy atom. The van der Waals surface area contributed by atoms with E-state index in [1.54, 1.807) is 6.07 Å². The molecule has 1 aliphatic rings. The van der Waals surface area contributed by atoms with Crippen LogP contribution in [0.1, 0.15) is 44.2 Å². The first-order valence-electron chi connectivity index (χ1n) is 7.61. The molecule has 0 radical (unpaired) electrons. The number of fused-ring (bicyclic) bond motifs is 1. The maximum Gasteiger partial charge on any atom is 0.142 e. The zero-order chi connectivity index (χ0) is 15.2. The molecular weight excluding hydrogens is 309 g/mol. The van der Waals surface area contributed by atoms with Crippen LogP contribution in [-0.4, -0.2) is 24.9 Å². The second-order valence-corrected chi connectivity index (χ2v) is 6.41. The summed E-state index contributed by atoms with van der Waals surface area (Å²) in [6.45, 7) is 3.97. The van der Waals surface area contributed by atoms with Crippen LogP contribution in [0, 0.1) is 5.92 Å². The Balaban J connectivity index is 2.06. The monoisotopic (exact) mass is 331 g/mol. The largest absolute Gasteiger partial charge is 0.492 e. The van der Waals surface area contributed by atoms with Gasteiger partial charge in [-0.05, 0) is 37.4 Å². The lowest BCUT2D eigenvalue weighted by Crippen LogP contribution is -2.31. The molecule has 0 bridgehead atoms. The van der Waals surface area contributed by atoms with Gasteiger partial charge in [-0.2, -0.15) is 0 Å². The Labute approximate surface area is 136 Å². The zero-order valence-corrected chi connectivity index (χ0v) is 13.9. The van der Waals surface area contributed by atoms with Crippen molar-refractivity contribution in [1.82, 2.24) is 5.32 Å². The summed E-state index contributed by atoms with van der Waals surface area (Å²) < 4.78 is 5.67. The molecule has 2 N–H and O–H groups in total. The molecule has 0 aliphatic carbocycles. The number of hydrogen-bond donors (Lipinski definition) is 2. The van der Waals surface area contributed by atoms with Crippen molar-refractivity contribution in [3.05, 3.63) is 27.7 Å². The van der Waals surface area contributed by atoms with Gasteiger partial charge in [-0.25, -0.2) is 0 Å². The minimum Gasteiger partial charge on any atom is -0.492 e. The summed E-state index contributed by atoms with van der Waals surface area (Å²) >= 11 is 12.3. The third-order valence-electron chi connectivity index (χ3n) is 3.95. The molecule has 0 amide bonds. The predicted octanol–water partition coefficient (Wildman–Crippen LogP) is 4.21. The Morgan fingerprint density at radius 1 is 1.38 bits per heavy atom. The molecule has 2 atom stereocenters. The summed E-state index contributed by atoms with van der Waals surface area (Å²) in [6.07, 6.45) is 4.00. The van der Waals surface area contributed by atoms with E-state index >= 15 is 0 Å². The fourth-order valence-corrected chi connectivity index (χ4v) is 3.45. The zero-order valence-electron chi connectivity index (χ0n) is 12.4. The molecule has 5 heteroatoms. The van der Waals surface area contributed by atoms with Gasteiger partial charge in [0.2, 0.25) is 0 Å². The number of aliphatic hydroxyl groups is 1. The summed E-state index contributed by atoms with van der Waals surface area (Å²) in [7, 11) is 0. The summed E-state index contributed by atoms with van der Waals surface area (Å²) in [6, 6.07) is 3.86. The van der Waals surface area contributed by atoms with Crippen LogP contribution < -0.4 is 10.1 Å². The molecule has 0 fully saturated rings. The molecule has 0 spiro atoms. The number of aliphatic hydroxyl groups excluding tert-OH is 1. The lowest BCUT2D eigenvalue weighted by molar-refractivity contribution is 0.227. The standard InChI is InChI=1S/C16H23Cl2NO2/c1-2-3-11(4-6-20)10-19-15-5-7-21-16-13(15)8-12(17)9-14(16)18/h8-9,11,15,19-20H,2-7,10H2,1H3. The molecule has 0 saturated carbocycles. The van der Waals surface area contributed by atoms with Crippen LogP contribution in [0.15, 0.2) is 12.1 Å². The van der Waals surface area contributed by atoms with Crippen LogP contribution in [0.3, 0.4) is 0 Å². The fraction of sp³-hybridized carbons (Fsp3) is 0.625. The second-order valence-electron chi connectivity index (χ2n) is 5.57. The second kappa shape index (κ2) is 8.23. The lowest BCUT2D eigenvalue weighted by atomic mass is 9.97. The van der Waals surface area contributed by atoms with E-state index in [4.69, 9.17) is 33.0 Å². The number of benzene rings is 1. The van der Waals surface area contributed by atoms with Crippen molar-refractivity contribution in [2.75, 3.05) is 19.8 Å². The number of ether oxygens (including phenoxy) is 1. The van der Waals surface area contributed by atoms with Gasteiger partial charge in [-0.1, -0.05) is 36.5 Å². The summed E-state index contributed by atoms with van der Waals surface area (Å²) in [5.74, 6) is 1.25. The Kier molecular flexibility index (Phi) is 6.62. The maximum atomic E-state index is 9.15. The van der Waals surface area contributed by atoms with Gasteiger partial charge in [-0.15, -0.1) is 0 Å². The highest BCUT2D eigenvalue weighted by Crippen LogP contribution is 2.40. The fourth-order valence-electron chi connectivity index (χ4n) is 2.89. The van der Waals surface area contributed by atoms with Crippen LogP contribution in [0.25, 0.3) is 0 Å². The van der Waals surface area contributed by atoms with Crippen LogP contribution >= 0.6 is 23.2 Å². The van der Waals surface area contributed by atoms with Crippen molar-refractivity contribution in [2.24, 2.45) is 5.92 Å². The number of halogens is 2. The van der Waals surface area contributed by atoms with Crippen molar-refractivity contribution in [3.8, 4) is 5.75 Å². The Bertz CT molecular complexity index is 462. The quantitative estimate of drug-likeness (QED) is 0.786. The van der Waals surface area contributed by atoms with Crippen LogP contribution in [0.5, 0.6) is 5.75 Å². The Morgan fingerprint density at radius 3 is 2.90 bits per heavy atom. The van der Waals surface area contributed by atoms with Gasteiger partial charge in [0, 0.05) is 29.7 Å². The first kappa shape index (κ1) is 16.9. The van der Waals surface area contributed by atoms with Gasteiger partial charge < -0.3 is 15.2 Å². The number of rotatable bonds is 7. The normalized spacial score (nSPS) is 19.0. The van der Waals surface area contributed by atoms with E-state index in [0.29, 0.717) is 22.6 Å². The van der Waals surface area contributed by atoms with E-state index in [2.05, 4.69) is 12.2 Å². The summed E-state index contributed by atoms with van der Waals surface area (Å²) in [5.41, 5.74) is 1.04. The van der Waals surface area contributed by atoms with Crippen LogP contribution in [0.2, 0.25) is 10.0 Å². The first-order chi connectivity index (χ1) is 10.2. The molecule has 0 aromatic heterocycles. The third kappa shape index (κ3) is 4.49. The SMILES string of the molecule is CCCC(CCO)CNC1CCOc2c(Cl)cc(Cl)cc21. The Hall–Kier alpha value is -0.480. The molecule has 3 nitrogen and oxygen atoms in total. The average Bonchev–Trinajstić information content (AvgIpc) is 2.45. The van der Waals surface area contributed by atoms with Crippen molar-refractivity contribution in [1.29, 1.82) is 0 Å². The van der Waals surface area contributed by atoms with E-state index in [1.807, 2.05) is 6.07 Å². The molecule has 21 heavy (non-hydrogen) atoms. The lowest BCUT2D eigenvalue weighted by Gasteiger charge is -2.29. The van der Waals surface area contributed by atoms with Gasteiger partial charge in [0.15, 0.2) is 0 Å². The molecule has 1 aromatic rings. The third-order valence-corrected chi connectivity index (χ3v) is 4.45. The first-order valence-corrected chi connectivity index (χ1v) is 8.37. The molecule has 2 unspecified atom stereocenters. The van der Waals surface area contributed by atoms with Gasteiger partial charge in [0.25, 0.3) is 0 Å². The van der Waals surface area contributed by atoms with Crippen LogP contribution in [0.4, 0.5) is 0 Å². The number of nitrogens with one attached hydrogen (secondary N) is 1. The van der Waals surface area contributed by atoms with E-state index in [-0.39, 0.29) is 12.6 Å². The van der Waals surface area contributed by atoms with Crippen LogP contribution in [-0.2, 0) is 0 Å². The topological polar surface area (TPSA) is 41.5 Å². The van der Waals surface area contributed by atoms with Crippen molar-refractivity contribution >= 4 is 23.2 Å². The predicted molar refractivity (Wildman–Crippen MR) is 87.4 cm³/mol. The molecule has 1 aromatic carbocycles. The van der Waals surface area contributed by atoms with Crippen molar-refractivity contribution in [2.45, 2.75) is 38.6 Å². The number of hydrogen-bond acceptors (Lipinski definition) is 3. The van der Waals surface area contributed by atoms with Gasteiger partial charge >= 0.3 is 0 Å². The smallest absolute Gasteiger partial charge is 0.142 e. The summed E-state index contributed by atoms with van der Waals surface area (Å²) in [5, 5.41) is 14.0. The molecule has 0 saturated heterocycles. The van der Waals surface area contributed by atoms with Crippen molar-refractivity contribution < 1.29 is 9.84 Å². The average molecular weight is 332 g/mol. The summed E-state index contributed by atoms with van der Waals surface area (Å²) in [4.78, 5) is 0. The van der Waals surface area contributed by atoms with Gasteiger partial charge in [-0.3, -0.25) is 0 Å². The van der Waals surface area contributed by atoms with Gasteiger partial charge in [0.1, 0.15) is 5.75 Å². The van der Waals surface area contributed by atoms with E-state index in [0.717, 1.165) is 43.5 Å². The minimum atomic E-state index is 0.211. The maximum absolute atomic E-state index is 9.15. The molecular formula is C16H23Cl2NO2. The molecule has 1 aliphatic heterocycles. The highest BCUT2D eigenvalue weighted by molar-refractivity contribution is 6.35. The molecule has 2 rings (SSSR count). The van der Waals surface area contributed by atoms with Gasteiger partial charge in [0.05, 0.1) is 11.6 Å². The highest BCUT2D eigenvalue weighted by atomic mass is 35.5.